The van der Waals surface area contributed by atoms with Crippen LogP contribution in [0.15, 0.2) is 48.7 Å². The highest BCUT2D eigenvalue weighted by atomic mass is 32.2. The number of imidazole rings is 1. The van der Waals surface area contributed by atoms with Crippen LogP contribution in [0.5, 0.6) is 0 Å². The normalized spacial score (nSPS) is 12.5. The van der Waals surface area contributed by atoms with Crippen LogP contribution in [0.3, 0.4) is 0 Å². The van der Waals surface area contributed by atoms with Crippen molar-refractivity contribution in [2.45, 2.75) is 25.3 Å². The lowest BCUT2D eigenvalue weighted by atomic mass is 10.2. The van der Waals surface area contributed by atoms with E-state index in [-0.39, 0.29) is 11.9 Å². The van der Waals surface area contributed by atoms with E-state index in [0.717, 1.165) is 40.5 Å². The molecule has 0 radical (unpaired) electrons. The van der Waals surface area contributed by atoms with Gasteiger partial charge in [-0.3, -0.25) is 9.20 Å². The summed E-state index contributed by atoms with van der Waals surface area (Å²) >= 11 is 1.75. The van der Waals surface area contributed by atoms with Gasteiger partial charge in [0.1, 0.15) is 5.82 Å². The lowest BCUT2D eigenvalue weighted by Gasteiger charge is -2.17. The van der Waals surface area contributed by atoms with Gasteiger partial charge < -0.3 is 10.3 Å². The van der Waals surface area contributed by atoms with Gasteiger partial charge in [-0.05, 0) is 42.7 Å². The van der Waals surface area contributed by atoms with Crippen LogP contribution < -0.4 is 5.32 Å². The summed E-state index contributed by atoms with van der Waals surface area (Å²) in [4.78, 5) is 20.4. The number of hydrogen-bond donors (Lipinski definition) is 2. The highest BCUT2D eigenvalue weighted by Crippen LogP contribution is 2.19. The van der Waals surface area contributed by atoms with Crippen LogP contribution in [-0.4, -0.2) is 42.5 Å². The quantitative estimate of drug-likeness (QED) is 0.479. The number of aryl methyl sites for hydroxylation is 1. The van der Waals surface area contributed by atoms with Crippen molar-refractivity contribution in [1.82, 2.24) is 29.9 Å². The number of nitrogens with zero attached hydrogens (tertiary/aromatic N) is 4. The Kier molecular flexibility index (Phi) is 5.57. The fourth-order valence-electron chi connectivity index (χ4n) is 3.22. The second-order valence-corrected chi connectivity index (χ2v) is 7.57. The molecule has 28 heavy (non-hydrogen) atoms. The van der Waals surface area contributed by atoms with E-state index in [1.807, 2.05) is 53.1 Å². The van der Waals surface area contributed by atoms with Gasteiger partial charge >= 0.3 is 0 Å². The third-order valence-corrected chi connectivity index (χ3v) is 5.27. The van der Waals surface area contributed by atoms with E-state index in [2.05, 4.69) is 31.7 Å². The fourth-order valence-corrected chi connectivity index (χ4v) is 3.69. The molecule has 3 aromatic heterocycles. The minimum absolute atomic E-state index is 0.0146. The molecule has 0 bridgehead atoms. The van der Waals surface area contributed by atoms with E-state index in [0.29, 0.717) is 12.8 Å². The maximum Gasteiger partial charge on any atom is 0.221 e. The zero-order valence-electron chi connectivity index (χ0n) is 15.6. The topological polar surface area (TPSA) is 88.0 Å². The summed E-state index contributed by atoms with van der Waals surface area (Å²) in [6.45, 7) is 0. The average molecular weight is 395 g/mol. The van der Waals surface area contributed by atoms with Gasteiger partial charge in [0.25, 0.3) is 0 Å². The first-order valence-corrected chi connectivity index (χ1v) is 10.7. The summed E-state index contributed by atoms with van der Waals surface area (Å²) in [6, 6.07) is 13.5. The number of pyridine rings is 1. The van der Waals surface area contributed by atoms with Crippen LogP contribution in [0.25, 0.3) is 16.7 Å². The monoisotopic (exact) mass is 394 g/mol. The molecule has 0 fully saturated rings. The van der Waals surface area contributed by atoms with E-state index in [4.69, 9.17) is 0 Å². The first-order valence-electron chi connectivity index (χ1n) is 9.26. The van der Waals surface area contributed by atoms with Gasteiger partial charge in [-0.1, -0.05) is 18.2 Å². The van der Waals surface area contributed by atoms with E-state index < -0.39 is 0 Å². The SMILES string of the molecule is CSCCC(NC(=O)CCc1nc2ccccc2[nH]1)c1nnc2ccccn12. The van der Waals surface area contributed by atoms with Crippen LogP contribution in [0.2, 0.25) is 0 Å². The number of thioether (sulfide) groups is 1. The minimum Gasteiger partial charge on any atom is -0.346 e. The zero-order chi connectivity index (χ0) is 19.3. The summed E-state index contributed by atoms with van der Waals surface area (Å²) in [5.74, 6) is 2.50. The van der Waals surface area contributed by atoms with Gasteiger partial charge in [-0.25, -0.2) is 4.98 Å². The Labute approximate surface area is 167 Å². The van der Waals surface area contributed by atoms with Crippen molar-refractivity contribution in [3.8, 4) is 0 Å². The highest BCUT2D eigenvalue weighted by molar-refractivity contribution is 7.98. The molecule has 8 heteroatoms. The van der Waals surface area contributed by atoms with Gasteiger partial charge in [0.05, 0.1) is 17.1 Å². The summed E-state index contributed by atoms with van der Waals surface area (Å²) in [5.41, 5.74) is 2.69. The van der Waals surface area contributed by atoms with Crippen molar-refractivity contribution in [2.75, 3.05) is 12.0 Å². The number of para-hydroxylation sites is 2. The highest BCUT2D eigenvalue weighted by Gasteiger charge is 2.20. The number of aromatic nitrogens is 5. The van der Waals surface area contributed by atoms with Crippen molar-refractivity contribution in [3.05, 3.63) is 60.3 Å². The number of H-pyrrole nitrogens is 1. The summed E-state index contributed by atoms with van der Waals surface area (Å²) in [6.07, 6.45) is 5.72. The lowest BCUT2D eigenvalue weighted by Crippen LogP contribution is -2.30. The molecule has 0 saturated carbocycles. The maximum absolute atomic E-state index is 12.6. The molecule has 1 atom stereocenters. The van der Waals surface area contributed by atoms with Gasteiger partial charge in [-0.2, -0.15) is 11.8 Å². The van der Waals surface area contributed by atoms with E-state index >= 15 is 0 Å². The number of nitrogens with one attached hydrogen (secondary N) is 2. The molecule has 1 unspecified atom stereocenters. The predicted molar refractivity (Wildman–Crippen MR) is 111 cm³/mol. The van der Waals surface area contributed by atoms with Crippen LogP contribution in [0.4, 0.5) is 0 Å². The summed E-state index contributed by atoms with van der Waals surface area (Å²) in [7, 11) is 0. The largest absolute Gasteiger partial charge is 0.346 e. The van der Waals surface area contributed by atoms with Crippen LogP contribution in [0, 0.1) is 0 Å². The molecule has 1 aromatic carbocycles. The van der Waals surface area contributed by atoms with Crippen molar-refractivity contribution >= 4 is 34.3 Å². The third kappa shape index (κ3) is 4.01. The number of aromatic amines is 1. The lowest BCUT2D eigenvalue weighted by molar-refractivity contribution is -0.121. The molecule has 1 amide bonds. The first kappa shape index (κ1) is 18.5. The van der Waals surface area contributed by atoms with Gasteiger partial charge in [0.2, 0.25) is 5.91 Å². The average Bonchev–Trinajstić information content (AvgIpc) is 3.33. The third-order valence-electron chi connectivity index (χ3n) is 4.62. The van der Waals surface area contributed by atoms with E-state index in [1.165, 1.54) is 0 Å². The van der Waals surface area contributed by atoms with Gasteiger partial charge in [0.15, 0.2) is 11.5 Å². The molecule has 2 N–H and O–H groups in total. The number of fused-ring (bicyclic) bond motifs is 2. The molecule has 0 saturated heterocycles. The molecule has 7 nitrogen and oxygen atoms in total. The van der Waals surface area contributed by atoms with Crippen LogP contribution >= 0.6 is 11.8 Å². The number of carbonyl (C=O) groups excluding carboxylic acids is 1. The number of amides is 1. The molecule has 144 valence electrons. The number of hydrogen-bond acceptors (Lipinski definition) is 5. The molecule has 4 aromatic rings. The zero-order valence-corrected chi connectivity index (χ0v) is 16.4. The second-order valence-electron chi connectivity index (χ2n) is 6.59. The minimum atomic E-state index is -0.173. The number of carbonyl (C=O) groups is 1. The Hall–Kier alpha value is -2.87. The molecular formula is C20H22N6OS. The van der Waals surface area contributed by atoms with Crippen molar-refractivity contribution in [2.24, 2.45) is 0 Å². The van der Waals surface area contributed by atoms with Crippen LogP contribution in [0.1, 0.15) is 30.5 Å². The summed E-state index contributed by atoms with van der Waals surface area (Å²) < 4.78 is 1.94. The Morgan fingerprint density at radius 2 is 2.07 bits per heavy atom. The Morgan fingerprint density at radius 1 is 1.21 bits per heavy atom. The second kappa shape index (κ2) is 8.43. The smallest absolute Gasteiger partial charge is 0.221 e. The summed E-state index contributed by atoms with van der Waals surface area (Å²) in [5, 5.41) is 11.7. The Morgan fingerprint density at radius 3 is 2.93 bits per heavy atom. The van der Waals surface area contributed by atoms with Crippen LogP contribution in [-0.2, 0) is 11.2 Å². The molecule has 0 aliphatic carbocycles. The number of benzene rings is 1. The molecule has 3 heterocycles. The van der Waals surface area contributed by atoms with Gasteiger partial charge in [-0.15, -0.1) is 10.2 Å². The molecule has 0 spiro atoms. The Balaban J connectivity index is 1.44. The van der Waals surface area contributed by atoms with E-state index in [1.54, 1.807) is 11.8 Å². The molecule has 4 rings (SSSR count). The molecular weight excluding hydrogens is 372 g/mol. The number of rotatable bonds is 8. The van der Waals surface area contributed by atoms with Crippen molar-refractivity contribution < 1.29 is 4.79 Å². The molecule has 0 aliphatic heterocycles. The van der Waals surface area contributed by atoms with E-state index in [9.17, 15) is 4.79 Å². The fraction of sp³-hybridized carbons (Fsp3) is 0.300. The standard InChI is InChI=1S/C20H22N6OS/c1-28-13-11-16(20-25-24-18-8-4-5-12-26(18)20)23-19(27)10-9-17-21-14-6-2-3-7-15(14)22-17/h2-8,12,16H,9-11,13H2,1H3,(H,21,22)(H,23,27). The van der Waals surface area contributed by atoms with Gasteiger partial charge in [0, 0.05) is 19.0 Å². The molecule has 0 aliphatic rings. The van der Waals surface area contributed by atoms with Crippen molar-refractivity contribution in [1.29, 1.82) is 0 Å². The van der Waals surface area contributed by atoms with Crippen molar-refractivity contribution in [3.63, 3.8) is 0 Å². The maximum atomic E-state index is 12.6. The first-order chi connectivity index (χ1) is 13.7. The predicted octanol–water partition coefficient (Wildman–Crippen LogP) is 3.15. The Bertz CT molecular complexity index is 1060.